The first kappa shape index (κ1) is 15.3. The molecule has 1 rings (SSSR count). The van der Waals surface area contributed by atoms with Crippen LogP contribution in [0.2, 0.25) is 0 Å². The molecule has 0 saturated heterocycles. The van der Waals surface area contributed by atoms with Crippen molar-refractivity contribution < 1.29 is 19.0 Å². The minimum Gasteiger partial charge on any atom is -0.496 e. The topological polar surface area (TPSA) is 70.8 Å². The fourth-order valence-electron chi connectivity index (χ4n) is 1.82. The van der Waals surface area contributed by atoms with E-state index in [2.05, 4.69) is 0 Å². The van der Waals surface area contributed by atoms with Gasteiger partial charge in [-0.05, 0) is 6.42 Å². The fraction of sp³-hybridized carbons (Fsp3) is 0.500. The zero-order chi connectivity index (χ0) is 14.3. The summed E-state index contributed by atoms with van der Waals surface area (Å²) in [5.74, 6) is 1.70. The molecule has 106 valence electrons. The van der Waals surface area contributed by atoms with E-state index < -0.39 is 5.60 Å². The van der Waals surface area contributed by atoms with Gasteiger partial charge in [0.1, 0.15) is 17.2 Å². The van der Waals surface area contributed by atoms with Crippen LogP contribution in [0.5, 0.6) is 17.2 Å². The number of ether oxygens (including phenoxy) is 3. The Hall–Kier alpha value is -1.75. The van der Waals surface area contributed by atoms with E-state index in [0.717, 1.165) is 12.7 Å². The average molecular weight is 267 g/mol. The zero-order valence-electron chi connectivity index (χ0n) is 11.6. The molecule has 0 aliphatic carbocycles. The Bertz CT molecular complexity index is 400. The summed E-state index contributed by atoms with van der Waals surface area (Å²) in [6, 6.07) is 5.13. The predicted octanol–water partition coefficient (Wildman–Crippen LogP) is 1.78. The van der Waals surface area contributed by atoms with Gasteiger partial charge in [0, 0.05) is 24.7 Å². The van der Waals surface area contributed by atoms with E-state index in [9.17, 15) is 4.79 Å². The molecule has 0 spiro atoms. The first-order valence-corrected chi connectivity index (χ1v) is 6.21. The number of carbonyl (C=O) groups is 1. The smallest absolute Gasteiger partial charge is 0.176 e. The van der Waals surface area contributed by atoms with Crippen LogP contribution >= 0.6 is 0 Å². The van der Waals surface area contributed by atoms with Crippen LogP contribution in [-0.2, 0) is 4.79 Å². The molecule has 5 nitrogen and oxygen atoms in total. The van der Waals surface area contributed by atoms with E-state index >= 15 is 0 Å². The number of benzene rings is 1. The Labute approximate surface area is 113 Å². The van der Waals surface area contributed by atoms with Gasteiger partial charge in [-0.1, -0.05) is 13.3 Å². The van der Waals surface area contributed by atoms with Crippen molar-refractivity contribution in [2.24, 2.45) is 5.73 Å². The first-order valence-electron chi connectivity index (χ1n) is 6.21. The van der Waals surface area contributed by atoms with Crippen molar-refractivity contribution in [1.82, 2.24) is 0 Å². The molecule has 5 heteroatoms. The molecule has 1 atom stereocenters. The van der Waals surface area contributed by atoms with Gasteiger partial charge < -0.3 is 19.9 Å². The lowest BCUT2D eigenvalue weighted by molar-refractivity contribution is -0.121. The lowest BCUT2D eigenvalue weighted by Gasteiger charge is -2.27. The van der Waals surface area contributed by atoms with Crippen molar-refractivity contribution in [2.45, 2.75) is 25.4 Å². The summed E-state index contributed by atoms with van der Waals surface area (Å²) in [6.07, 6.45) is 2.13. The third-order valence-electron chi connectivity index (χ3n) is 2.88. The van der Waals surface area contributed by atoms with E-state index in [1.165, 1.54) is 0 Å². The molecule has 2 N–H and O–H groups in total. The Morgan fingerprint density at radius 2 is 1.68 bits per heavy atom. The Balaban J connectivity index is 3.04. The zero-order valence-corrected chi connectivity index (χ0v) is 11.6. The van der Waals surface area contributed by atoms with Crippen LogP contribution in [0, 0.1) is 0 Å². The number of nitrogens with two attached hydrogens (primary N) is 1. The summed E-state index contributed by atoms with van der Waals surface area (Å²) >= 11 is 0. The second-order valence-electron chi connectivity index (χ2n) is 4.29. The van der Waals surface area contributed by atoms with Gasteiger partial charge in [0.15, 0.2) is 11.9 Å². The van der Waals surface area contributed by atoms with Crippen LogP contribution < -0.4 is 19.9 Å². The maximum Gasteiger partial charge on any atom is 0.176 e. The van der Waals surface area contributed by atoms with Crippen LogP contribution in [0.25, 0.3) is 0 Å². The highest BCUT2D eigenvalue weighted by Gasteiger charge is 2.29. The number of aldehydes is 1. The van der Waals surface area contributed by atoms with E-state index in [-0.39, 0.29) is 6.54 Å². The van der Waals surface area contributed by atoms with E-state index in [1.807, 2.05) is 6.92 Å². The minimum absolute atomic E-state index is 0.129. The van der Waals surface area contributed by atoms with Gasteiger partial charge in [-0.2, -0.15) is 0 Å². The van der Waals surface area contributed by atoms with Crippen molar-refractivity contribution in [1.29, 1.82) is 0 Å². The monoisotopic (exact) mass is 267 g/mol. The average Bonchev–Trinajstić information content (AvgIpc) is 2.46. The first-order chi connectivity index (χ1) is 9.12. The molecule has 0 heterocycles. The van der Waals surface area contributed by atoms with Crippen molar-refractivity contribution in [3.63, 3.8) is 0 Å². The van der Waals surface area contributed by atoms with Gasteiger partial charge in [-0.15, -0.1) is 0 Å². The summed E-state index contributed by atoms with van der Waals surface area (Å²) in [5, 5.41) is 0. The second-order valence-corrected chi connectivity index (χ2v) is 4.29. The fourth-order valence-corrected chi connectivity index (χ4v) is 1.82. The Morgan fingerprint density at radius 3 is 2.05 bits per heavy atom. The molecule has 0 aliphatic rings. The molecule has 0 bridgehead atoms. The van der Waals surface area contributed by atoms with Gasteiger partial charge in [0.25, 0.3) is 0 Å². The standard InChI is InChI=1S/C14H21NO4/c1-4-5-14(9-15,10-16)19-13-7-11(17-2)6-12(8-13)18-3/h6-8,10H,4-5,9,15H2,1-3H3. The summed E-state index contributed by atoms with van der Waals surface area (Å²) in [5.41, 5.74) is 4.68. The summed E-state index contributed by atoms with van der Waals surface area (Å²) in [4.78, 5) is 11.3. The number of methoxy groups -OCH3 is 2. The molecule has 1 aromatic rings. The lowest BCUT2D eigenvalue weighted by Crippen LogP contribution is -2.45. The summed E-state index contributed by atoms with van der Waals surface area (Å²) in [7, 11) is 3.11. The highest BCUT2D eigenvalue weighted by molar-refractivity contribution is 5.64. The lowest BCUT2D eigenvalue weighted by atomic mass is 10.00. The van der Waals surface area contributed by atoms with Crippen LogP contribution in [0.15, 0.2) is 18.2 Å². The molecule has 1 unspecified atom stereocenters. The largest absolute Gasteiger partial charge is 0.496 e. The Kier molecular flexibility index (Phi) is 5.63. The minimum atomic E-state index is -0.994. The highest BCUT2D eigenvalue weighted by Crippen LogP contribution is 2.30. The quantitative estimate of drug-likeness (QED) is 0.727. The van der Waals surface area contributed by atoms with Crippen LogP contribution in [0.4, 0.5) is 0 Å². The summed E-state index contributed by atoms with van der Waals surface area (Å²) < 4.78 is 16.1. The SMILES string of the molecule is CCCC(C=O)(CN)Oc1cc(OC)cc(OC)c1. The van der Waals surface area contributed by atoms with Gasteiger partial charge in [0.05, 0.1) is 14.2 Å². The molecule has 0 amide bonds. The van der Waals surface area contributed by atoms with Gasteiger partial charge >= 0.3 is 0 Å². The van der Waals surface area contributed by atoms with Crippen LogP contribution in [0.1, 0.15) is 19.8 Å². The van der Waals surface area contributed by atoms with E-state index in [1.54, 1.807) is 32.4 Å². The molecule has 0 radical (unpaired) electrons. The maximum absolute atomic E-state index is 11.3. The second kappa shape index (κ2) is 6.99. The van der Waals surface area contributed by atoms with Crippen LogP contribution in [0.3, 0.4) is 0 Å². The molecule has 0 saturated carbocycles. The van der Waals surface area contributed by atoms with Crippen molar-refractivity contribution in [3.8, 4) is 17.2 Å². The molecular weight excluding hydrogens is 246 g/mol. The normalized spacial score (nSPS) is 13.5. The van der Waals surface area contributed by atoms with Crippen molar-refractivity contribution in [2.75, 3.05) is 20.8 Å². The molecule has 0 fully saturated rings. The van der Waals surface area contributed by atoms with Gasteiger partial charge in [-0.3, -0.25) is 4.79 Å². The van der Waals surface area contributed by atoms with E-state index in [4.69, 9.17) is 19.9 Å². The third-order valence-corrected chi connectivity index (χ3v) is 2.88. The van der Waals surface area contributed by atoms with E-state index in [0.29, 0.717) is 23.7 Å². The van der Waals surface area contributed by atoms with Crippen molar-refractivity contribution >= 4 is 6.29 Å². The number of carbonyl (C=O) groups excluding carboxylic acids is 1. The predicted molar refractivity (Wildman–Crippen MR) is 72.9 cm³/mol. The van der Waals surface area contributed by atoms with Gasteiger partial charge in [0.2, 0.25) is 0 Å². The third kappa shape index (κ3) is 3.86. The Morgan fingerprint density at radius 1 is 1.16 bits per heavy atom. The molecule has 19 heavy (non-hydrogen) atoms. The maximum atomic E-state index is 11.3. The highest BCUT2D eigenvalue weighted by atomic mass is 16.5. The molecule has 0 aliphatic heterocycles. The van der Waals surface area contributed by atoms with Crippen LogP contribution in [-0.4, -0.2) is 32.7 Å². The molecule has 1 aromatic carbocycles. The number of hydrogen-bond acceptors (Lipinski definition) is 5. The van der Waals surface area contributed by atoms with Crippen molar-refractivity contribution in [3.05, 3.63) is 18.2 Å². The number of rotatable bonds is 8. The number of hydrogen-bond donors (Lipinski definition) is 1. The van der Waals surface area contributed by atoms with Gasteiger partial charge in [-0.25, -0.2) is 0 Å². The molecular formula is C14H21NO4. The molecule has 0 aromatic heterocycles. The summed E-state index contributed by atoms with van der Waals surface area (Å²) in [6.45, 7) is 2.10.